The largest absolute Gasteiger partial charge is 0.419 e. The second kappa shape index (κ2) is 9.71. The number of rotatable bonds is 9. The Balaban J connectivity index is 1.84. The van der Waals surface area contributed by atoms with E-state index in [1.165, 1.54) is 41.6 Å². The van der Waals surface area contributed by atoms with Crippen molar-refractivity contribution in [3.8, 4) is 0 Å². The summed E-state index contributed by atoms with van der Waals surface area (Å²) < 4.78 is 34.8. The van der Waals surface area contributed by atoms with Gasteiger partial charge in [0.2, 0.25) is 15.9 Å². The molecule has 0 bridgehead atoms. The molecule has 0 unspecified atom stereocenters. The molecule has 0 spiro atoms. The van der Waals surface area contributed by atoms with E-state index in [1.807, 2.05) is 31.4 Å². The highest BCUT2D eigenvalue weighted by Gasteiger charge is 2.26. The van der Waals surface area contributed by atoms with Crippen LogP contribution < -0.4 is 15.8 Å². The van der Waals surface area contributed by atoms with Crippen molar-refractivity contribution in [1.82, 2.24) is 9.29 Å². The molecule has 0 saturated carbocycles. The molecular formula is C21H25N3O5S2. The van der Waals surface area contributed by atoms with E-state index in [-0.39, 0.29) is 10.5 Å². The molecule has 166 valence electrons. The number of aromatic nitrogens is 1. The lowest BCUT2D eigenvalue weighted by atomic mass is 10.1. The Morgan fingerprint density at radius 2 is 2.00 bits per heavy atom. The van der Waals surface area contributed by atoms with Crippen LogP contribution in [0.4, 0.5) is 5.69 Å². The van der Waals surface area contributed by atoms with Gasteiger partial charge in [0.05, 0.1) is 10.4 Å². The Morgan fingerprint density at radius 1 is 1.23 bits per heavy atom. The highest BCUT2D eigenvalue weighted by molar-refractivity contribution is 7.98. The fourth-order valence-corrected chi connectivity index (χ4v) is 4.83. The summed E-state index contributed by atoms with van der Waals surface area (Å²) in [5, 5.41) is 2.80. The molecule has 1 amide bonds. The average Bonchev–Trinajstić information content (AvgIpc) is 3.04. The van der Waals surface area contributed by atoms with Gasteiger partial charge in [-0.2, -0.15) is 16.5 Å². The van der Waals surface area contributed by atoms with Crippen LogP contribution in [0.15, 0.2) is 56.6 Å². The smallest absolute Gasteiger partial charge is 0.408 e. The average molecular weight is 464 g/mol. The normalized spacial score (nSPS) is 12.7. The van der Waals surface area contributed by atoms with Crippen molar-refractivity contribution in [2.75, 3.05) is 17.3 Å². The van der Waals surface area contributed by atoms with Crippen LogP contribution in [0.25, 0.3) is 11.1 Å². The molecule has 0 aliphatic carbocycles. The highest BCUT2D eigenvalue weighted by Crippen LogP contribution is 2.19. The molecule has 8 nitrogen and oxygen atoms in total. The third-order valence-corrected chi connectivity index (χ3v) is 7.01. The van der Waals surface area contributed by atoms with Gasteiger partial charge in [0.1, 0.15) is 6.04 Å². The fraction of sp³-hybridized carbons (Fsp3) is 0.333. The minimum absolute atomic E-state index is 0.0794. The van der Waals surface area contributed by atoms with Gasteiger partial charge in [0.25, 0.3) is 0 Å². The number of hydrogen-bond acceptors (Lipinski definition) is 6. The maximum Gasteiger partial charge on any atom is 0.419 e. The number of thioether (sulfide) groups is 1. The number of fused-ring (bicyclic) bond motifs is 1. The molecule has 2 aromatic carbocycles. The lowest BCUT2D eigenvalue weighted by Gasteiger charge is -2.18. The van der Waals surface area contributed by atoms with Gasteiger partial charge < -0.3 is 9.73 Å². The predicted molar refractivity (Wildman–Crippen MR) is 123 cm³/mol. The third kappa shape index (κ3) is 5.38. The van der Waals surface area contributed by atoms with Crippen LogP contribution in [0.5, 0.6) is 0 Å². The quantitative estimate of drug-likeness (QED) is 0.505. The van der Waals surface area contributed by atoms with Gasteiger partial charge in [-0.25, -0.2) is 13.2 Å². The molecular weight excluding hydrogens is 438 g/mol. The van der Waals surface area contributed by atoms with Gasteiger partial charge in [-0.3, -0.25) is 9.36 Å². The first-order chi connectivity index (χ1) is 14.7. The molecule has 1 aromatic heterocycles. The molecule has 0 aliphatic heterocycles. The van der Waals surface area contributed by atoms with E-state index in [1.54, 1.807) is 6.07 Å². The molecule has 1 atom stereocenters. The molecule has 0 saturated heterocycles. The summed E-state index contributed by atoms with van der Waals surface area (Å²) in [4.78, 5) is 24.5. The standard InChI is InChI=1S/C21H25N3O5S2/c1-4-14-6-5-7-15(12-14)22-20(25)17(10-11-30-3)23-31(27,28)16-8-9-18-19(13-16)29-21(26)24(18)2/h5-9,12-13,17,23H,4,10-11H2,1-3H3,(H,22,25)/t17-/m1/s1. The summed E-state index contributed by atoms with van der Waals surface area (Å²) in [6.45, 7) is 2.02. The Morgan fingerprint density at radius 3 is 2.71 bits per heavy atom. The van der Waals surface area contributed by atoms with Crippen molar-refractivity contribution in [1.29, 1.82) is 0 Å². The number of amides is 1. The van der Waals surface area contributed by atoms with Crippen molar-refractivity contribution in [2.45, 2.75) is 30.7 Å². The zero-order valence-electron chi connectivity index (χ0n) is 17.5. The summed E-state index contributed by atoms with van der Waals surface area (Å²) in [5.41, 5.74) is 2.33. The van der Waals surface area contributed by atoms with E-state index in [0.29, 0.717) is 23.4 Å². The number of nitrogens with zero attached hydrogens (tertiary/aromatic N) is 1. The van der Waals surface area contributed by atoms with Gasteiger partial charge >= 0.3 is 5.76 Å². The number of carbonyl (C=O) groups is 1. The maximum atomic E-state index is 13.0. The van der Waals surface area contributed by atoms with E-state index in [4.69, 9.17) is 4.42 Å². The van der Waals surface area contributed by atoms with Gasteiger partial charge in [0, 0.05) is 18.8 Å². The summed E-state index contributed by atoms with van der Waals surface area (Å²) in [7, 11) is -2.49. The lowest BCUT2D eigenvalue weighted by molar-refractivity contribution is -0.117. The Bertz CT molecular complexity index is 1250. The number of sulfonamides is 1. The fourth-order valence-electron chi connectivity index (χ4n) is 3.11. The first-order valence-corrected chi connectivity index (χ1v) is 12.6. The topological polar surface area (TPSA) is 110 Å². The molecule has 0 radical (unpaired) electrons. The Labute approximate surface area is 185 Å². The number of oxazole rings is 1. The van der Waals surface area contributed by atoms with Gasteiger partial charge in [-0.05, 0) is 54.7 Å². The molecule has 0 aliphatic rings. The number of carbonyl (C=O) groups excluding carboxylic acids is 1. The highest BCUT2D eigenvalue weighted by atomic mass is 32.2. The third-order valence-electron chi connectivity index (χ3n) is 4.90. The zero-order chi connectivity index (χ0) is 22.6. The van der Waals surface area contributed by atoms with Crippen LogP contribution in [0.2, 0.25) is 0 Å². The van der Waals surface area contributed by atoms with Crippen LogP contribution in [-0.4, -0.2) is 36.9 Å². The molecule has 2 N–H and O–H groups in total. The minimum atomic E-state index is -4.03. The van der Waals surface area contributed by atoms with Gasteiger partial charge in [-0.1, -0.05) is 19.1 Å². The van der Waals surface area contributed by atoms with Crippen LogP contribution in [0.3, 0.4) is 0 Å². The summed E-state index contributed by atoms with van der Waals surface area (Å²) in [5.74, 6) is -0.412. The van der Waals surface area contributed by atoms with E-state index < -0.39 is 27.7 Å². The summed E-state index contributed by atoms with van der Waals surface area (Å²) in [6, 6.07) is 10.6. The van der Waals surface area contributed by atoms with Crippen LogP contribution >= 0.6 is 11.8 Å². The molecule has 31 heavy (non-hydrogen) atoms. The van der Waals surface area contributed by atoms with Crippen molar-refractivity contribution in [3.63, 3.8) is 0 Å². The van der Waals surface area contributed by atoms with Crippen LogP contribution in [0.1, 0.15) is 18.9 Å². The Hall–Kier alpha value is -2.56. The van der Waals surface area contributed by atoms with Crippen LogP contribution in [-0.2, 0) is 28.3 Å². The zero-order valence-corrected chi connectivity index (χ0v) is 19.2. The van der Waals surface area contributed by atoms with Crippen molar-refractivity contribution < 1.29 is 17.6 Å². The van der Waals surface area contributed by atoms with Crippen molar-refractivity contribution in [2.24, 2.45) is 7.05 Å². The van der Waals surface area contributed by atoms with E-state index in [9.17, 15) is 18.0 Å². The number of anilines is 1. The molecule has 10 heteroatoms. The summed E-state index contributed by atoms with van der Waals surface area (Å²) in [6.07, 6.45) is 3.03. The van der Waals surface area contributed by atoms with Crippen LogP contribution in [0, 0.1) is 0 Å². The van der Waals surface area contributed by atoms with E-state index in [0.717, 1.165) is 12.0 Å². The van der Waals surface area contributed by atoms with Crippen molar-refractivity contribution in [3.05, 3.63) is 58.6 Å². The number of hydrogen-bond donors (Lipinski definition) is 2. The first kappa shape index (κ1) is 23.1. The van der Waals surface area contributed by atoms with Crippen molar-refractivity contribution >= 4 is 44.5 Å². The number of aryl methyl sites for hydroxylation is 2. The molecule has 0 fully saturated rings. The molecule has 1 heterocycles. The molecule has 3 rings (SSSR count). The van der Waals surface area contributed by atoms with E-state index in [2.05, 4.69) is 10.0 Å². The van der Waals surface area contributed by atoms with Gasteiger partial charge in [0.15, 0.2) is 5.58 Å². The Kier molecular flexibility index (Phi) is 7.24. The lowest BCUT2D eigenvalue weighted by Crippen LogP contribution is -2.44. The van der Waals surface area contributed by atoms with E-state index >= 15 is 0 Å². The minimum Gasteiger partial charge on any atom is -0.408 e. The molecule has 3 aromatic rings. The summed E-state index contributed by atoms with van der Waals surface area (Å²) >= 11 is 1.52. The second-order valence-electron chi connectivity index (χ2n) is 7.06. The second-order valence-corrected chi connectivity index (χ2v) is 9.75. The monoisotopic (exact) mass is 463 g/mol. The SMILES string of the molecule is CCc1cccc(NC(=O)[C@@H](CCSC)NS(=O)(=O)c2ccc3c(c2)oc(=O)n3C)c1. The predicted octanol–water partition coefficient (Wildman–Crippen LogP) is 2.73. The number of benzene rings is 2. The first-order valence-electron chi connectivity index (χ1n) is 9.76. The maximum absolute atomic E-state index is 13.0. The van der Waals surface area contributed by atoms with Gasteiger partial charge in [-0.15, -0.1) is 0 Å². The number of nitrogens with one attached hydrogen (secondary N) is 2.